The van der Waals surface area contributed by atoms with Crippen LogP contribution in [-0.2, 0) is 4.74 Å². The van der Waals surface area contributed by atoms with Gasteiger partial charge in [0.25, 0.3) is 0 Å². The summed E-state index contributed by atoms with van der Waals surface area (Å²) >= 11 is 0. The van der Waals surface area contributed by atoms with Crippen molar-refractivity contribution in [3.63, 3.8) is 0 Å². The molecule has 1 saturated carbocycles. The van der Waals surface area contributed by atoms with Crippen LogP contribution in [0.2, 0.25) is 0 Å². The second kappa shape index (κ2) is 4.13. The first-order valence-corrected chi connectivity index (χ1v) is 4.81. The van der Waals surface area contributed by atoms with E-state index in [0.717, 1.165) is 25.7 Å². The van der Waals surface area contributed by atoms with E-state index in [9.17, 15) is 4.79 Å². The highest BCUT2D eigenvalue weighted by Crippen LogP contribution is 2.21. The molecule has 5 heteroatoms. The first-order valence-electron chi connectivity index (χ1n) is 4.81. The Kier molecular flexibility index (Phi) is 2.67. The number of amides is 1. The molecule has 1 fully saturated rings. The summed E-state index contributed by atoms with van der Waals surface area (Å²) in [6.07, 6.45) is 7.14. The van der Waals surface area contributed by atoms with Gasteiger partial charge in [-0.05, 0) is 25.7 Å². The van der Waals surface area contributed by atoms with Crippen molar-refractivity contribution < 1.29 is 9.53 Å². The highest BCUT2D eigenvalue weighted by molar-refractivity contribution is 5.84. The van der Waals surface area contributed by atoms with Crippen molar-refractivity contribution in [1.82, 2.24) is 10.2 Å². The Labute approximate surface area is 81.8 Å². The van der Waals surface area contributed by atoms with Crippen LogP contribution in [0.3, 0.4) is 0 Å². The van der Waals surface area contributed by atoms with E-state index >= 15 is 0 Å². The van der Waals surface area contributed by atoms with Crippen molar-refractivity contribution >= 4 is 11.8 Å². The fraction of sp³-hybridized carbons (Fsp3) is 0.556. The molecule has 0 bridgehead atoms. The lowest BCUT2D eigenvalue weighted by molar-refractivity contribution is 0.114. The van der Waals surface area contributed by atoms with Gasteiger partial charge in [-0.1, -0.05) is 0 Å². The quantitative estimate of drug-likeness (QED) is 0.757. The SMILES string of the molecule is O=C(Nc1cn[nH]c1)OC1CCCC1. The first kappa shape index (κ1) is 9.05. The van der Waals surface area contributed by atoms with Crippen LogP contribution in [0.4, 0.5) is 10.5 Å². The summed E-state index contributed by atoms with van der Waals surface area (Å²) in [6, 6.07) is 0. The normalized spacial score (nSPS) is 16.9. The van der Waals surface area contributed by atoms with Crippen LogP contribution in [-0.4, -0.2) is 22.4 Å². The van der Waals surface area contributed by atoms with Gasteiger partial charge in [0.2, 0.25) is 0 Å². The summed E-state index contributed by atoms with van der Waals surface area (Å²) in [4.78, 5) is 11.3. The number of hydrogen-bond donors (Lipinski definition) is 2. The number of H-pyrrole nitrogens is 1. The number of hydrogen-bond acceptors (Lipinski definition) is 3. The van der Waals surface area contributed by atoms with Crippen LogP contribution < -0.4 is 5.32 Å². The van der Waals surface area contributed by atoms with Gasteiger partial charge in [-0.2, -0.15) is 5.10 Å². The van der Waals surface area contributed by atoms with Gasteiger partial charge in [-0.3, -0.25) is 10.4 Å². The van der Waals surface area contributed by atoms with E-state index in [2.05, 4.69) is 15.5 Å². The number of ether oxygens (including phenoxy) is 1. The maximum absolute atomic E-state index is 11.3. The topological polar surface area (TPSA) is 67.0 Å². The van der Waals surface area contributed by atoms with E-state index in [1.54, 1.807) is 6.20 Å². The molecule has 0 aromatic carbocycles. The van der Waals surface area contributed by atoms with E-state index in [0.29, 0.717) is 5.69 Å². The fourth-order valence-electron chi connectivity index (χ4n) is 1.62. The van der Waals surface area contributed by atoms with Crippen molar-refractivity contribution in [3.05, 3.63) is 12.4 Å². The number of aromatic amines is 1. The number of anilines is 1. The van der Waals surface area contributed by atoms with E-state index in [4.69, 9.17) is 4.74 Å². The van der Waals surface area contributed by atoms with Crippen LogP contribution >= 0.6 is 0 Å². The van der Waals surface area contributed by atoms with Gasteiger partial charge < -0.3 is 4.74 Å². The molecule has 5 nitrogen and oxygen atoms in total. The molecule has 2 N–H and O–H groups in total. The van der Waals surface area contributed by atoms with Crippen molar-refractivity contribution in [3.8, 4) is 0 Å². The minimum Gasteiger partial charge on any atom is -0.446 e. The van der Waals surface area contributed by atoms with Gasteiger partial charge >= 0.3 is 6.09 Å². The first-order chi connectivity index (χ1) is 6.84. The van der Waals surface area contributed by atoms with Crippen LogP contribution in [0.25, 0.3) is 0 Å². The number of rotatable bonds is 2. The van der Waals surface area contributed by atoms with E-state index in [1.165, 1.54) is 6.20 Å². The van der Waals surface area contributed by atoms with Gasteiger partial charge in [0.1, 0.15) is 6.10 Å². The van der Waals surface area contributed by atoms with Gasteiger partial charge in [0.05, 0.1) is 11.9 Å². The van der Waals surface area contributed by atoms with Gasteiger partial charge in [-0.25, -0.2) is 4.79 Å². The lowest BCUT2D eigenvalue weighted by Gasteiger charge is -2.10. The standard InChI is InChI=1S/C9H13N3O2/c13-9(12-7-5-10-11-6-7)14-8-3-1-2-4-8/h5-6,8H,1-4H2,(H,10,11)(H,12,13). The zero-order chi connectivity index (χ0) is 9.80. The number of nitrogens with one attached hydrogen (secondary N) is 2. The molecule has 2 rings (SSSR count). The van der Waals surface area contributed by atoms with Gasteiger partial charge in [0, 0.05) is 6.20 Å². The minimum absolute atomic E-state index is 0.0990. The van der Waals surface area contributed by atoms with Gasteiger partial charge in [0.15, 0.2) is 0 Å². The van der Waals surface area contributed by atoms with Crippen LogP contribution in [0.15, 0.2) is 12.4 Å². The summed E-state index contributed by atoms with van der Waals surface area (Å²) < 4.78 is 5.19. The third-order valence-electron chi connectivity index (χ3n) is 2.32. The second-order valence-corrected chi connectivity index (χ2v) is 3.42. The maximum atomic E-state index is 11.3. The summed E-state index contributed by atoms with van der Waals surface area (Å²) in [5, 5.41) is 8.91. The molecule has 0 saturated heterocycles. The van der Waals surface area contributed by atoms with Crippen LogP contribution in [0, 0.1) is 0 Å². The van der Waals surface area contributed by atoms with Crippen LogP contribution in [0.5, 0.6) is 0 Å². The lowest BCUT2D eigenvalue weighted by Crippen LogP contribution is -2.19. The molecular formula is C9H13N3O2. The van der Waals surface area contributed by atoms with E-state index in [1.807, 2.05) is 0 Å². The smallest absolute Gasteiger partial charge is 0.411 e. The Morgan fingerprint density at radius 3 is 3.00 bits per heavy atom. The summed E-state index contributed by atoms with van der Waals surface area (Å²) in [7, 11) is 0. The number of nitrogens with zero attached hydrogens (tertiary/aromatic N) is 1. The molecule has 1 aliphatic carbocycles. The summed E-state index contributed by atoms with van der Waals surface area (Å²) in [5.41, 5.74) is 0.632. The molecular weight excluding hydrogens is 182 g/mol. The third-order valence-corrected chi connectivity index (χ3v) is 2.32. The molecule has 1 aliphatic rings. The highest BCUT2D eigenvalue weighted by Gasteiger charge is 2.19. The molecule has 0 atom stereocenters. The Morgan fingerprint density at radius 1 is 1.57 bits per heavy atom. The Balaban J connectivity index is 1.78. The predicted molar refractivity (Wildman–Crippen MR) is 50.9 cm³/mol. The molecule has 0 radical (unpaired) electrons. The van der Waals surface area contributed by atoms with Gasteiger partial charge in [-0.15, -0.1) is 0 Å². The largest absolute Gasteiger partial charge is 0.446 e. The zero-order valence-electron chi connectivity index (χ0n) is 7.82. The number of carbonyl (C=O) groups excluding carboxylic acids is 1. The monoisotopic (exact) mass is 195 g/mol. The molecule has 1 aromatic heterocycles. The fourth-order valence-corrected chi connectivity index (χ4v) is 1.62. The van der Waals surface area contributed by atoms with E-state index < -0.39 is 6.09 Å². The Bertz CT molecular complexity index is 291. The molecule has 1 heterocycles. The molecule has 14 heavy (non-hydrogen) atoms. The maximum Gasteiger partial charge on any atom is 0.411 e. The average Bonchev–Trinajstić information content (AvgIpc) is 2.76. The third kappa shape index (κ3) is 2.25. The second-order valence-electron chi connectivity index (χ2n) is 3.42. The van der Waals surface area contributed by atoms with Crippen molar-refractivity contribution in [1.29, 1.82) is 0 Å². The number of carbonyl (C=O) groups is 1. The van der Waals surface area contributed by atoms with Crippen molar-refractivity contribution in [2.75, 3.05) is 5.32 Å². The zero-order valence-corrected chi connectivity index (χ0v) is 7.82. The summed E-state index contributed by atoms with van der Waals surface area (Å²) in [6.45, 7) is 0. The Morgan fingerprint density at radius 2 is 2.36 bits per heavy atom. The molecule has 0 aliphatic heterocycles. The minimum atomic E-state index is -0.390. The molecule has 0 unspecified atom stereocenters. The van der Waals surface area contributed by atoms with Crippen molar-refractivity contribution in [2.24, 2.45) is 0 Å². The highest BCUT2D eigenvalue weighted by atomic mass is 16.6. The lowest BCUT2D eigenvalue weighted by atomic mass is 10.3. The van der Waals surface area contributed by atoms with Crippen LogP contribution in [0.1, 0.15) is 25.7 Å². The molecule has 0 spiro atoms. The number of aromatic nitrogens is 2. The molecule has 76 valence electrons. The summed E-state index contributed by atoms with van der Waals surface area (Å²) in [5.74, 6) is 0. The molecule has 1 amide bonds. The Hall–Kier alpha value is -1.52. The molecule has 1 aromatic rings. The predicted octanol–water partition coefficient (Wildman–Crippen LogP) is 1.90. The van der Waals surface area contributed by atoms with E-state index in [-0.39, 0.29) is 6.10 Å². The van der Waals surface area contributed by atoms with Crippen molar-refractivity contribution in [2.45, 2.75) is 31.8 Å². The average molecular weight is 195 g/mol.